The van der Waals surface area contributed by atoms with Gasteiger partial charge in [0.2, 0.25) is 0 Å². The van der Waals surface area contributed by atoms with E-state index in [9.17, 15) is 4.79 Å². The molecule has 0 unspecified atom stereocenters. The summed E-state index contributed by atoms with van der Waals surface area (Å²) < 4.78 is 6.87. The highest BCUT2D eigenvalue weighted by atomic mass is 16.5. The lowest BCUT2D eigenvalue weighted by atomic mass is 10.1. The molecule has 8 nitrogen and oxygen atoms in total. The molecule has 1 aromatic carbocycles. The monoisotopic (exact) mass is 387 g/mol. The summed E-state index contributed by atoms with van der Waals surface area (Å²) in [5, 5.41) is 17.4. The van der Waals surface area contributed by atoms with Crippen molar-refractivity contribution in [1.29, 1.82) is 0 Å². The molecule has 0 spiro atoms. The second kappa shape index (κ2) is 7.51. The lowest BCUT2D eigenvalue weighted by Crippen LogP contribution is -2.00. The van der Waals surface area contributed by atoms with Gasteiger partial charge in [0.05, 0.1) is 42.6 Å². The largest absolute Gasteiger partial charge is 0.495 e. The first-order valence-corrected chi connectivity index (χ1v) is 8.77. The van der Waals surface area contributed by atoms with Crippen molar-refractivity contribution in [2.45, 2.75) is 6.92 Å². The van der Waals surface area contributed by atoms with Crippen LogP contribution in [-0.2, 0) is 0 Å². The molecule has 4 aromatic rings. The van der Waals surface area contributed by atoms with Gasteiger partial charge in [-0.25, -0.2) is 9.48 Å². The molecule has 8 heteroatoms. The van der Waals surface area contributed by atoms with Gasteiger partial charge in [0.25, 0.3) is 0 Å². The fraction of sp³-hybridized carbons (Fsp3) is 0.0952. The van der Waals surface area contributed by atoms with Crippen molar-refractivity contribution < 1.29 is 14.6 Å². The third kappa shape index (κ3) is 3.68. The zero-order chi connectivity index (χ0) is 20.4. The summed E-state index contributed by atoms with van der Waals surface area (Å²) in [4.78, 5) is 19.7. The Hall–Kier alpha value is -4.07. The SMILES string of the molecule is COc1cncc(-c2cc(C)c(-n3cc(-c4ccc(C(=O)O)cc4)nn3)cn2)c1. The minimum atomic E-state index is -0.965. The lowest BCUT2D eigenvalue weighted by molar-refractivity contribution is 0.0697. The Balaban J connectivity index is 1.63. The highest BCUT2D eigenvalue weighted by Crippen LogP contribution is 2.24. The number of methoxy groups -OCH3 is 1. The Morgan fingerprint density at radius 2 is 1.83 bits per heavy atom. The zero-order valence-corrected chi connectivity index (χ0v) is 15.8. The molecule has 0 aliphatic carbocycles. The van der Waals surface area contributed by atoms with E-state index in [0.717, 1.165) is 28.1 Å². The smallest absolute Gasteiger partial charge is 0.335 e. The molecule has 1 N–H and O–H groups in total. The molecule has 0 aliphatic heterocycles. The second-order valence-electron chi connectivity index (χ2n) is 6.40. The van der Waals surface area contributed by atoms with E-state index < -0.39 is 5.97 Å². The van der Waals surface area contributed by atoms with Crippen LogP contribution in [0.3, 0.4) is 0 Å². The van der Waals surface area contributed by atoms with E-state index in [4.69, 9.17) is 9.84 Å². The number of ether oxygens (including phenoxy) is 1. The van der Waals surface area contributed by atoms with Crippen LogP contribution < -0.4 is 4.74 Å². The molecule has 0 saturated carbocycles. The van der Waals surface area contributed by atoms with Crippen molar-refractivity contribution in [3.05, 3.63) is 72.3 Å². The molecule has 0 fully saturated rings. The van der Waals surface area contributed by atoms with E-state index in [2.05, 4.69) is 20.3 Å². The molecular weight excluding hydrogens is 370 g/mol. The van der Waals surface area contributed by atoms with Crippen molar-refractivity contribution in [2.75, 3.05) is 7.11 Å². The number of hydrogen-bond acceptors (Lipinski definition) is 6. The maximum atomic E-state index is 11.0. The lowest BCUT2D eigenvalue weighted by Gasteiger charge is -2.08. The van der Waals surface area contributed by atoms with Gasteiger partial charge in [0.1, 0.15) is 11.4 Å². The number of pyridine rings is 2. The van der Waals surface area contributed by atoms with Gasteiger partial charge in [-0.05, 0) is 36.8 Å². The van der Waals surface area contributed by atoms with Gasteiger partial charge in [0, 0.05) is 17.3 Å². The Kier molecular flexibility index (Phi) is 4.74. The summed E-state index contributed by atoms with van der Waals surface area (Å²) in [5.41, 5.74) is 5.05. The van der Waals surface area contributed by atoms with E-state index >= 15 is 0 Å². The van der Waals surface area contributed by atoms with Crippen molar-refractivity contribution in [3.63, 3.8) is 0 Å². The third-order valence-electron chi connectivity index (χ3n) is 4.50. The fourth-order valence-electron chi connectivity index (χ4n) is 2.91. The molecule has 0 saturated heterocycles. The number of rotatable bonds is 5. The number of aryl methyl sites for hydroxylation is 1. The molecular formula is C21H17N5O3. The van der Waals surface area contributed by atoms with Crippen LogP contribution in [0.1, 0.15) is 15.9 Å². The normalized spacial score (nSPS) is 10.7. The Bertz CT molecular complexity index is 1190. The van der Waals surface area contributed by atoms with Crippen LogP contribution in [0.5, 0.6) is 5.75 Å². The van der Waals surface area contributed by atoms with Crippen molar-refractivity contribution in [2.24, 2.45) is 0 Å². The van der Waals surface area contributed by atoms with Crippen LogP contribution >= 0.6 is 0 Å². The standard InChI is InChI=1S/C21H17N5O3/c1-13-7-18(16-8-17(29-2)10-22-9-16)23-11-20(13)26-12-19(24-25-26)14-3-5-15(6-4-14)21(27)28/h3-12H,1-2H3,(H,27,28). The minimum Gasteiger partial charge on any atom is -0.495 e. The molecule has 3 heterocycles. The summed E-state index contributed by atoms with van der Waals surface area (Å²) in [5.74, 6) is -0.297. The molecule has 0 atom stereocenters. The van der Waals surface area contributed by atoms with E-state index in [1.54, 1.807) is 60.8 Å². The highest BCUT2D eigenvalue weighted by Gasteiger charge is 2.11. The maximum absolute atomic E-state index is 11.0. The number of carboxylic acids is 1. The molecule has 0 amide bonds. The van der Waals surface area contributed by atoms with Crippen LogP contribution in [0, 0.1) is 6.92 Å². The molecule has 29 heavy (non-hydrogen) atoms. The maximum Gasteiger partial charge on any atom is 0.335 e. The Morgan fingerprint density at radius 3 is 2.52 bits per heavy atom. The molecule has 0 radical (unpaired) electrons. The second-order valence-corrected chi connectivity index (χ2v) is 6.40. The number of benzene rings is 1. The molecule has 0 bridgehead atoms. The summed E-state index contributed by atoms with van der Waals surface area (Å²) >= 11 is 0. The van der Waals surface area contributed by atoms with Crippen LogP contribution in [0.25, 0.3) is 28.2 Å². The van der Waals surface area contributed by atoms with E-state index in [1.165, 1.54) is 0 Å². The predicted molar refractivity (Wildman–Crippen MR) is 106 cm³/mol. The van der Waals surface area contributed by atoms with Crippen LogP contribution in [0.15, 0.2) is 61.2 Å². The predicted octanol–water partition coefficient (Wildman–Crippen LogP) is 3.41. The topological polar surface area (TPSA) is 103 Å². The van der Waals surface area contributed by atoms with Gasteiger partial charge < -0.3 is 9.84 Å². The minimum absolute atomic E-state index is 0.226. The third-order valence-corrected chi connectivity index (χ3v) is 4.50. The van der Waals surface area contributed by atoms with Crippen LogP contribution in [0.2, 0.25) is 0 Å². The Morgan fingerprint density at radius 1 is 1.03 bits per heavy atom. The number of aromatic nitrogens is 5. The molecule has 3 aromatic heterocycles. The quantitative estimate of drug-likeness (QED) is 0.560. The average Bonchev–Trinajstić information content (AvgIpc) is 3.23. The molecule has 0 aliphatic rings. The number of aromatic carboxylic acids is 1. The first-order valence-electron chi connectivity index (χ1n) is 8.77. The zero-order valence-electron chi connectivity index (χ0n) is 15.8. The highest BCUT2D eigenvalue weighted by molar-refractivity contribution is 5.88. The van der Waals surface area contributed by atoms with Gasteiger partial charge >= 0.3 is 5.97 Å². The first kappa shape index (κ1) is 18.3. The number of carboxylic acid groups (broad SMARTS) is 1. The molecule has 4 rings (SSSR count). The van der Waals surface area contributed by atoms with Crippen molar-refractivity contribution in [1.82, 2.24) is 25.0 Å². The summed E-state index contributed by atoms with van der Waals surface area (Å²) in [6, 6.07) is 10.3. The Labute approximate surface area is 166 Å². The summed E-state index contributed by atoms with van der Waals surface area (Å²) in [7, 11) is 1.60. The number of carbonyl (C=O) groups is 1. The number of nitrogens with zero attached hydrogens (tertiary/aromatic N) is 5. The first-order chi connectivity index (χ1) is 14.0. The summed E-state index contributed by atoms with van der Waals surface area (Å²) in [6.07, 6.45) is 6.89. The van der Waals surface area contributed by atoms with Gasteiger partial charge in [-0.15, -0.1) is 5.10 Å². The van der Waals surface area contributed by atoms with Gasteiger partial charge in [0.15, 0.2) is 0 Å². The fourth-order valence-corrected chi connectivity index (χ4v) is 2.91. The van der Waals surface area contributed by atoms with Crippen molar-refractivity contribution >= 4 is 5.97 Å². The van der Waals surface area contributed by atoms with Gasteiger partial charge in [-0.2, -0.15) is 0 Å². The average molecular weight is 387 g/mol. The van der Waals surface area contributed by atoms with Gasteiger partial charge in [-0.3, -0.25) is 9.97 Å². The van der Waals surface area contributed by atoms with E-state index in [-0.39, 0.29) is 5.56 Å². The van der Waals surface area contributed by atoms with E-state index in [1.807, 2.05) is 19.1 Å². The summed E-state index contributed by atoms with van der Waals surface area (Å²) in [6.45, 7) is 1.97. The van der Waals surface area contributed by atoms with E-state index in [0.29, 0.717) is 11.4 Å². The van der Waals surface area contributed by atoms with Crippen LogP contribution in [-0.4, -0.2) is 43.1 Å². The van der Waals surface area contributed by atoms with Crippen LogP contribution in [0.4, 0.5) is 0 Å². The van der Waals surface area contributed by atoms with Gasteiger partial charge in [-0.1, -0.05) is 17.3 Å². The molecule has 144 valence electrons. The van der Waals surface area contributed by atoms with Crippen molar-refractivity contribution in [3.8, 4) is 34.0 Å². The number of hydrogen-bond donors (Lipinski definition) is 1.